The van der Waals surface area contributed by atoms with Gasteiger partial charge in [0.05, 0.1) is 0 Å². The first kappa shape index (κ1) is 7.25. The van der Waals surface area contributed by atoms with Crippen LogP contribution < -0.4 is 0 Å². The second kappa shape index (κ2) is 2.41. The Labute approximate surface area is 78.9 Å². The van der Waals surface area contributed by atoms with Gasteiger partial charge in [-0.3, -0.25) is 0 Å². The SMILES string of the molecule is Cc1cc2cc3[c-](cc-2c1)CCC3. The van der Waals surface area contributed by atoms with Crippen LogP contribution in [-0.2, 0) is 12.8 Å². The molecule has 13 heavy (non-hydrogen) atoms. The summed E-state index contributed by atoms with van der Waals surface area (Å²) >= 11 is 0. The van der Waals surface area contributed by atoms with E-state index in [4.69, 9.17) is 0 Å². The van der Waals surface area contributed by atoms with Gasteiger partial charge in [-0.15, -0.1) is 17.2 Å². The highest BCUT2D eigenvalue weighted by molar-refractivity contribution is 5.71. The van der Waals surface area contributed by atoms with Gasteiger partial charge in [-0.2, -0.15) is 23.3 Å². The predicted molar refractivity (Wildman–Crippen MR) is 55.4 cm³/mol. The van der Waals surface area contributed by atoms with E-state index in [0.717, 1.165) is 0 Å². The molecule has 66 valence electrons. The molecule has 0 saturated carbocycles. The van der Waals surface area contributed by atoms with Gasteiger partial charge in [0.2, 0.25) is 0 Å². The summed E-state index contributed by atoms with van der Waals surface area (Å²) in [7, 11) is 0. The number of aryl methyl sites for hydroxylation is 3. The van der Waals surface area contributed by atoms with Crippen LogP contribution in [0.3, 0.4) is 0 Å². The van der Waals surface area contributed by atoms with Crippen LogP contribution in [0.4, 0.5) is 0 Å². The summed E-state index contributed by atoms with van der Waals surface area (Å²) in [6.45, 7) is 2.17. The van der Waals surface area contributed by atoms with Gasteiger partial charge >= 0.3 is 0 Å². The van der Waals surface area contributed by atoms with E-state index in [-0.39, 0.29) is 0 Å². The maximum absolute atomic E-state index is 2.38. The Hall–Kier alpha value is -1.17. The molecule has 0 fully saturated rings. The van der Waals surface area contributed by atoms with Crippen LogP contribution >= 0.6 is 0 Å². The van der Waals surface area contributed by atoms with Crippen LogP contribution in [0, 0.1) is 6.92 Å². The Morgan fingerprint density at radius 3 is 2.92 bits per heavy atom. The monoisotopic (exact) mass is 169 g/mol. The fourth-order valence-electron chi connectivity index (χ4n) is 2.44. The van der Waals surface area contributed by atoms with Gasteiger partial charge in [0, 0.05) is 0 Å². The summed E-state index contributed by atoms with van der Waals surface area (Å²) < 4.78 is 0. The number of fused-ring (bicyclic) bond motifs is 2. The topological polar surface area (TPSA) is 0 Å². The summed E-state index contributed by atoms with van der Waals surface area (Å²) in [5.74, 6) is 0. The average Bonchev–Trinajstić information content (AvgIpc) is 2.63. The summed E-state index contributed by atoms with van der Waals surface area (Å²) in [6.07, 6.45) is 3.92. The lowest BCUT2D eigenvalue weighted by Gasteiger charge is -2.13. The second-order valence-corrected chi connectivity index (χ2v) is 4.14. The number of hydrogen-bond donors (Lipinski definition) is 0. The summed E-state index contributed by atoms with van der Waals surface area (Å²) in [6, 6.07) is 9.33. The van der Waals surface area contributed by atoms with Crippen molar-refractivity contribution in [3.05, 3.63) is 41.0 Å². The van der Waals surface area contributed by atoms with E-state index in [1.807, 2.05) is 0 Å². The molecule has 0 heteroatoms. The van der Waals surface area contributed by atoms with Gasteiger partial charge in [-0.1, -0.05) is 30.9 Å². The van der Waals surface area contributed by atoms with Crippen molar-refractivity contribution in [2.24, 2.45) is 0 Å². The lowest BCUT2D eigenvalue weighted by Crippen LogP contribution is -1.83. The van der Waals surface area contributed by atoms with Gasteiger partial charge < -0.3 is 0 Å². The highest BCUT2D eigenvalue weighted by Crippen LogP contribution is 2.33. The highest BCUT2D eigenvalue weighted by atomic mass is 14.2. The van der Waals surface area contributed by atoms with E-state index in [0.29, 0.717) is 0 Å². The zero-order chi connectivity index (χ0) is 8.84. The minimum absolute atomic E-state index is 1.29. The first-order valence-electron chi connectivity index (χ1n) is 5.02. The minimum Gasteiger partial charge on any atom is -0.162 e. The fraction of sp³-hybridized carbons (Fsp3) is 0.308. The van der Waals surface area contributed by atoms with Crippen LogP contribution in [-0.4, -0.2) is 0 Å². The molecule has 3 aliphatic rings. The third-order valence-corrected chi connectivity index (χ3v) is 3.06. The first-order valence-corrected chi connectivity index (χ1v) is 5.02. The Morgan fingerprint density at radius 1 is 1.15 bits per heavy atom. The van der Waals surface area contributed by atoms with Crippen molar-refractivity contribution in [1.29, 1.82) is 0 Å². The van der Waals surface area contributed by atoms with E-state index in [2.05, 4.69) is 31.2 Å². The molecule has 3 rings (SSSR count). The molecular formula is C13H13-. The van der Waals surface area contributed by atoms with Crippen LogP contribution in [0.1, 0.15) is 23.1 Å². The first-order chi connectivity index (χ1) is 6.33. The number of rotatable bonds is 0. The molecule has 0 aromatic heterocycles. The third kappa shape index (κ3) is 1.02. The van der Waals surface area contributed by atoms with Crippen molar-refractivity contribution in [2.45, 2.75) is 26.2 Å². The Bertz CT molecular complexity index is 382. The Kier molecular flexibility index (Phi) is 1.35. The van der Waals surface area contributed by atoms with E-state index in [1.54, 1.807) is 11.1 Å². The fourth-order valence-corrected chi connectivity index (χ4v) is 2.44. The van der Waals surface area contributed by atoms with Gasteiger partial charge in [0.1, 0.15) is 0 Å². The molecule has 0 atom stereocenters. The molecular weight excluding hydrogens is 156 g/mol. The second-order valence-electron chi connectivity index (χ2n) is 4.14. The van der Waals surface area contributed by atoms with E-state index in [9.17, 15) is 0 Å². The van der Waals surface area contributed by atoms with Gasteiger partial charge in [0.15, 0.2) is 0 Å². The molecule has 0 amide bonds. The quantitative estimate of drug-likeness (QED) is 0.531. The van der Waals surface area contributed by atoms with Crippen LogP contribution in [0.5, 0.6) is 0 Å². The number of hydrogen-bond acceptors (Lipinski definition) is 0. The zero-order valence-corrected chi connectivity index (χ0v) is 7.93. The lowest BCUT2D eigenvalue weighted by molar-refractivity contribution is 0.912. The molecule has 0 aromatic rings. The largest absolute Gasteiger partial charge is 0.162 e. The third-order valence-electron chi connectivity index (χ3n) is 3.06. The van der Waals surface area contributed by atoms with Crippen molar-refractivity contribution in [3.8, 4) is 11.1 Å². The number of benzene rings is 1. The smallest absolute Gasteiger partial charge is 0.0408 e. The van der Waals surface area contributed by atoms with Crippen molar-refractivity contribution in [2.75, 3.05) is 0 Å². The van der Waals surface area contributed by atoms with Gasteiger partial charge in [-0.25, -0.2) is 0 Å². The molecule has 0 aliphatic heterocycles. The molecule has 3 aliphatic carbocycles. The molecule has 0 aromatic carbocycles. The minimum atomic E-state index is 1.29. The standard InChI is InChI=1S/C13H13/c1-9-5-12-7-10-3-2-4-11(10)8-13(12)6-9/h5-8H,2-4H2,1H3/q-1. The summed E-state index contributed by atoms with van der Waals surface area (Å²) in [5, 5.41) is 0. The predicted octanol–water partition coefficient (Wildman–Crippen LogP) is 3.31. The van der Waals surface area contributed by atoms with E-state index >= 15 is 0 Å². The maximum atomic E-state index is 2.38. The van der Waals surface area contributed by atoms with Gasteiger partial charge in [-0.05, 0) is 6.92 Å². The molecule has 0 unspecified atom stereocenters. The molecule has 0 N–H and O–H groups in total. The maximum Gasteiger partial charge on any atom is -0.0408 e. The van der Waals surface area contributed by atoms with Crippen LogP contribution in [0.15, 0.2) is 24.3 Å². The van der Waals surface area contributed by atoms with Crippen LogP contribution in [0.2, 0.25) is 0 Å². The lowest BCUT2D eigenvalue weighted by atomic mass is 10.0. The summed E-state index contributed by atoms with van der Waals surface area (Å²) in [4.78, 5) is 0. The Morgan fingerprint density at radius 2 is 2.00 bits per heavy atom. The molecule has 0 heterocycles. The van der Waals surface area contributed by atoms with Crippen LogP contribution in [0.25, 0.3) is 11.1 Å². The highest BCUT2D eigenvalue weighted by Gasteiger charge is 2.06. The molecule has 0 saturated heterocycles. The van der Waals surface area contributed by atoms with Crippen molar-refractivity contribution < 1.29 is 0 Å². The molecule has 0 radical (unpaired) electrons. The zero-order valence-electron chi connectivity index (χ0n) is 7.93. The van der Waals surface area contributed by atoms with E-state index < -0.39 is 0 Å². The summed E-state index contributed by atoms with van der Waals surface area (Å²) in [5.41, 5.74) is 7.41. The van der Waals surface area contributed by atoms with Gasteiger partial charge in [0.25, 0.3) is 0 Å². The Balaban J connectivity index is 2.30. The normalized spacial score (nSPS) is 15.2. The molecule has 0 spiro atoms. The van der Waals surface area contributed by atoms with E-state index in [1.165, 1.54) is 36.0 Å². The van der Waals surface area contributed by atoms with Crippen molar-refractivity contribution in [3.63, 3.8) is 0 Å². The molecule has 0 nitrogen and oxygen atoms in total. The van der Waals surface area contributed by atoms with Crippen molar-refractivity contribution >= 4 is 0 Å². The van der Waals surface area contributed by atoms with Crippen molar-refractivity contribution in [1.82, 2.24) is 0 Å². The average molecular weight is 169 g/mol. The molecule has 0 bridgehead atoms.